The number of nitrogens with one attached hydrogen (secondary N) is 3. The lowest BCUT2D eigenvalue weighted by molar-refractivity contribution is -0.143. The lowest BCUT2D eigenvalue weighted by Crippen LogP contribution is -2.40. The maximum absolute atomic E-state index is 12.2. The molecule has 2 unspecified atom stereocenters. The molecular formula is C16H19N3O5. The normalized spacial score (nSPS) is 13.2. The van der Waals surface area contributed by atoms with Crippen LogP contribution in [0.3, 0.4) is 0 Å². The second-order valence-corrected chi connectivity index (χ2v) is 5.49. The van der Waals surface area contributed by atoms with E-state index in [4.69, 9.17) is 5.11 Å². The number of aliphatic hydroxyl groups excluding tert-OH is 1. The molecule has 8 heteroatoms. The first-order chi connectivity index (χ1) is 11.5. The Kier molecular flexibility index (Phi) is 5.91. The Morgan fingerprint density at radius 2 is 1.88 bits per heavy atom. The van der Waals surface area contributed by atoms with Crippen LogP contribution in [0.4, 0.5) is 0 Å². The average Bonchev–Trinajstić information content (AvgIpc) is 2.99. The summed E-state index contributed by atoms with van der Waals surface area (Å²) in [7, 11) is 0. The van der Waals surface area contributed by atoms with Crippen LogP contribution in [0.25, 0.3) is 0 Å². The van der Waals surface area contributed by atoms with Crippen LogP contribution in [-0.2, 0) is 11.2 Å². The van der Waals surface area contributed by atoms with Crippen molar-refractivity contribution in [3.8, 4) is 0 Å². The topological polar surface area (TPSA) is 135 Å². The fraction of sp³-hybridized carbons (Fsp3) is 0.312. The summed E-state index contributed by atoms with van der Waals surface area (Å²) in [6.07, 6.45) is 0.478. The molecule has 0 radical (unpaired) electrons. The molecule has 0 aliphatic heterocycles. The number of aliphatic hydroxyl groups is 1. The summed E-state index contributed by atoms with van der Waals surface area (Å²) in [5.74, 6) is -2.62. The molecule has 0 spiro atoms. The minimum Gasteiger partial charge on any atom is -0.481 e. The van der Waals surface area contributed by atoms with Gasteiger partial charge in [-0.05, 0) is 18.4 Å². The summed E-state index contributed by atoms with van der Waals surface area (Å²) in [4.78, 5) is 34.4. The number of aromatic amines is 2. The molecule has 2 atom stereocenters. The number of hydrogen-bond acceptors (Lipinski definition) is 4. The Hall–Kier alpha value is -2.87. The molecule has 0 saturated carbocycles. The lowest BCUT2D eigenvalue weighted by Gasteiger charge is -2.21. The molecule has 1 heterocycles. The van der Waals surface area contributed by atoms with Crippen molar-refractivity contribution in [1.29, 1.82) is 0 Å². The van der Waals surface area contributed by atoms with Crippen LogP contribution in [0.5, 0.6) is 0 Å². The molecule has 0 aliphatic carbocycles. The van der Waals surface area contributed by atoms with Crippen molar-refractivity contribution in [2.75, 3.05) is 6.61 Å². The highest BCUT2D eigenvalue weighted by Crippen LogP contribution is 2.13. The molecule has 8 nitrogen and oxygen atoms in total. The van der Waals surface area contributed by atoms with Gasteiger partial charge in [-0.25, -0.2) is 0 Å². The number of amides is 1. The molecule has 24 heavy (non-hydrogen) atoms. The van der Waals surface area contributed by atoms with Gasteiger partial charge in [0.05, 0.1) is 12.5 Å². The van der Waals surface area contributed by atoms with Gasteiger partial charge in [0.15, 0.2) is 0 Å². The van der Waals surface area contributed by atoms with Crippen LogP contribution in [0, 0.1) is 5.92 Å². The number of carboxylic acid groups (broad SMARTS) is 1. The van der Waals surface area contributed by atoms with Crippen molar-refractivity contribution < 1.29 is 19.8 Å². The summed E-state index contributed by atoms with van der Waals surface area (Å²) in [6.45, 7) is -0.516. The summed E-state index contributed by atoms with van der Waals surface area (Å²) in [6, 6.07) is 9.90. The number of rotatable bonds is 8. The molecule has 5 N–H and O–H groups in total. The fourth-order valence-corrected chi connectivity index (χ4v) is 2.41. The SMILES string of the molecule is O=C(NC(Cc1ccccc1)CC(CO)C(=O)O)c1cc(=O)[nH][nH]1. The van der Waals surface area contributed by atoms with Crippen molar-refractivity contribution in [1.82, 2.24) is 15.5 Å². The van der Waals surface area contributed by atoms with E-state index in [9.17, 15) is 19.5 Å². The van der Waals surface area contributed by atoms with Gasteiger partial charge in [0.25, 0.3) is 11.5 Å². The van der Waals surface area contributed by atoms with Gasteiger partial charge in [-0.15, -0.1) is 0 Å². The Balaban J connectivity index is 2.13. The van der Waals surface area contributed by atoms with Gasteiger partial charge in [0.2, 0.25) is 0 Å². The van der Waals surface area contributed by atoms with Crippen LogP contribution in [0.2, 0.25) is 0 Å². The van der Waals surface area contributed by atoms with Gasteiger partial charge in [-0.3, -0.25) is 24.6 Å². The van der Waals surface area contributed by atoms with E-state index in [0.29, 0.717) is 6.42 Å². The maximum atomic E-state index is 12.2. The van der Waals surface area contributed by atoms with Crippen LogP contribution in [-0.4, -0.2) is 44.9 Å². The molecule has 0 aliphatic rings. The second kappa shape index (κ2) is 8.11. The van der Waals surface area contributed by atoms with E-state index in [0.717, 1.165) is 11.6 Å². The Bertz CT molecular complexity index is 737. The zero-order valence-electron chi connectivity index (χ0n) is 12.9. The third kappa shape index (κ3) is 4.82. The number of hydrogen-bond donors (Lipinski definition) is 5. The second-order valence-electron chi connectivity index (χ2n) is 5.49. The minimum atomic E-state index is -1.13. The predicted octanol–water partition coefficient (Wildman–Crippen LogP) is 0.127. The third-order valence-corrected chi connectivity index (χ3v) is 3.64. The first-order valence-electron chi connectivity index (χ1n) is 7.45. The first kappa shape index (κ1) is 17.5. The van der Waals surface area contributed by atoms with Gasteiger partial charge >= 0.3 is 5.97 Å². The molecule has 128 valence electrons. The summed E-state index contributed by atoms with van der Waals surface area (Å²) >= 11 is 0. The Morgan fingerprint density at radius 3 is 2.42 bits per heavy atom. The van der Waals surface area contributed by atoms with Crippen LogP contribution >= 0.6 is 0 Å². The summed E-state index contributed by atoms with van der Waals surface area (Å²) in [5, 5.41) is 25.8. The molecular weight excluding hydrogens is 314 g/mol. The number of benzene rings is 1. The highest BCUT2D eigenvalue weighted by molar-refractivity contribution is 5.92. The molecule has 0 bridgehead atoms. The smallest absolute Gasteiger partial charge is 0.308 e. The van der Waals surface area contributed by atoms with Crippen molar-refractivity contribution >= 4 is 11.9 Å². The van der Waals surface area contributed by atoms with Gasteiger partial charge < -0.3 is 15.5 Å². The number of carboxylic acids is 1. The number of aliphatic carboxylic acids is 1. The zero-order chi connectivity index (χ0) is 17.5. The number of carbonyl (C=O) groups excluding carboxylic acids is 1. The van der Waals surface area contributed by atoms with Gasteiger partial charge in [0, 0.05) is 12.1 Å². The van der Waals surface area contributed by atoms with Crippen molar-refractivity contribution in [3.05, 3.63) is 58.0 Å². The quantitative estimate of drug-likeness (QED) is 0.468. The van der Waals surface area contributed by atoms with Crippen molar-refractivity contribution in [2.24, 2.45) is 5.92 Å². The van der Waals surface area contributed by atoms with E-state index < -0.39 is 36.0 Å². The van der Waals surface area contributed by atoms with Crippen molar-refractivity contribution in [3.63, 3.8) is 0 Å². The third-order valence-electron chi connectivity index (χ3n) is 3.64. The summed E-state index contributed by atoms with van der Waals surface area (Å²) in [5.41, 5.74) is 0.555. The van der Waals surface area contributed by atoms with E-state index in [2.05, 4.69) is 15.5 Å². The van der Waals surface area contributed by atoms with Crippen LogP contribution < -0.4 is 10.9 Å². The standard InChI is InChI=1S/C16H19N3O5/c20-9-11(16(23)24)7-12(6-10-4-2-1-3-5-10)17-15(22)13-8-14(21)19-18-13/h1-5,8,11-12,20H,6-7,9H2,(H,17,22)(H,23,24)(H2,18,19,21). The zero-order valence-corrected chi connectivity index (χ0v) is 12.9. The largest absolute Gasteiger partial charge is 0.481 e. The number of aromatic nitrogens is 2. The molecule has 2 aromatic rings. The molecule has 0 fully saturated rings. The highest BCUT2D eigenvalue weighted by atomic mass is 16.4. The molecule has 1 aromatic heterocycles. The molecule has 2 rings (SSSR count). The maximum Gasteiger partial charge on any atom is 0.308 e. The molecule has 1 aromatic carbocycles. The monoisotopic (exact) mass is 333 g/mol. The lowest BCUT2D eigenvalue weighted by atomic mass is 9.95. The number of carbonyl (C=O) groups is 2. The van der Waals surface area contributed by atoms with Crippen LogP contribution in [0.15, 0.2) is 41.2 Å². The van der Waals surface area contributed by atoms with E-state index in [1.807, 2.05) is 30.3 Å². The predicted molar refractivity (Wildman–Crippen MR) is 85.6 cm³/mol. The van der Waals surface area contributed by atoms with Gasteiger partial charge in [0.1, 0.15) is 5.69 Å². The summed E-state index contributed by atoms with van der Waals surface area (Å²) < 4.78 is 0. The van der Waals surface area contributed by atoms with E-state index >= 15 is 0 Å². The van der Waals surface area contributed by atoms with E-state index in [1.165, 1.54) is 0 Å². The van der Waals surface area contributed by atoms with Crippen LogP contribution in [0.1, 0.15) is 22.5 Å². The highest BCUT2D eigenvalue weighted by Gasteiger charge is 2.24. The fourth-order valence-electron chi connectivity index (χ4n) is 2.41. The van der Waals surface area contributed by atoms with E-state index in [-0.39, 0.29) is 12.1 Å². The molecule has 1 amide bonds. The molecule has 0 saturated heterocycles. The van der Waals surface area contributed by atoms with Crippen molar-refractivity contribution in [2.45, 2.75) is 18.9 Å². The number of H-pyrrole nitrogens is 2. The van der Waals surface area contributed by atoms with Gasteiger partial charge in [-0.1, -0.05) is 30.3 Å². The average molecular weight is 333 g/mol. The first-order valence-corrected chi connectivity index (χ1v) is 7.45. The Labute approximate surface area is 137 Å². The van der Waals surface area contributed by atoms with Gasteiger partial charge in [-0.2, -0.15) is 0 Å². The van der Waals surface area contributed by atoms with E-state index in [1.54, 1.807) is 0 Å². The Morgan fingerprint density at radius 1 is 1.17 bits per heavy atom. The minimum absolute atomic E-state index is 0.0638.